The Kier molecular flexibility index (Phi) is 6.89. The van der Waals surface area contributed by atoms with Crippen LogP contribution in [0.15, 0.2) is 72.8 Å². The minimum absolute atomic E-state index is 0.171. The van der Waals surface area contributed by atoms with Gasteiger partial charge in [-0.25, -0.2) is 0 Å². The molecule has 2 N–H and O–H groups in total. The first-order valence-corrected chi connectivity index (χ1v) is 9.20. The zero-order chi connectivity index (χ0) is 21.3. The van der Waals surface area contributed by atoms with Crippen molar-refractivity contribution in [3.05, 3.63) is 78.4 Å². The van der Waals surface area contributed by atoms with Gasteiger partial charge in [0.15, 0.2) is 6.61 Å². The number of rotatable bonds is 8. The number of nitrogens with one attached hydrogen (secondary N) is 2. The topological polar surface area (TPSA) is 85.9 Å². The molecule has 0 heterocycles. The number of carbonyl (C=O) groups is 2. The fourth-order valence-corrected chi connectivity index (χ4v) is 2.66. The Morgan fingerprint density at radius 2 is 1.43 bits per heavy atom. The predicted octanol–water partition coefficient (Wildman–Crippen LogP) is 3.97. The van der Waals surface area contributed by atoms with Crippen molar-refractivity contribution < 1.29 is 23.8 Å². The van der Waals surface area contributed by atoms with Crippen LogP contribution in [0.1, 0.15) is 10.4 Å². The summed E-state index contributed by atoms with van der Waals surface area (Å²) in [5, 5.41) is 5.54. The summed E-state index contributed by atoms with van der Waals surface area (Å²) in [7, 11) is 3.12. The molecule has 2 amide bonds. The normalized spacial score (nSPS) is 10.1. The van der Waals surface area contributed by atoms with E-state index in [4.69, 9.17) is 14.2 Å². The summed E-state index contributed by atoms with van der Waals surface area (Å²) in [5.41, 5.74) is 1.70. The van der Waals surface area contributed by atoms with Crippen molar-refractivity contribution in [1.29, 1.82) is 0 Å². The van der Waals surface area contributed by atoms with Crippen molar-refractivity contribution in [2.24, 2.45) is 0 Å². The zero-order valence-electron chi connectivity index (χ0n) is 16.7. The molecule has 0 saturated carbocycles. The van der Waals surface area contributed by atoms with E-state index in [-0.39, 0.29) is 18.4 Å². The van der Waals surface area contributed by atoms with E-state index >= 15 is 0 Å². The second kappa shape index (κ2) is 9.97. The molecule has 3 aromatic carbocycles. The van der Waals surface area contributed by atoms with E-state index in [0.717, 1.165) is 0 Å². The number of benzene rings is 3. The lowest BCUT2D eigenvalue weighted by Crippen LogP contribution is -2.20. The first-order valence-electron chi connectivity index (χ1n) is 9.20. The number of anilines is 2. The summed E-state index contributed by atoms with van der Waals surface area (Å²) >= 11 is 0. The van der Waals surface area contributed by atoms with Crippen LogP contribution in [0.3, 0.4) is 0 Å². The van der Waals surface area contributed by atoms with Crippen LogP contribution >= 0.6 is 0 Å². The molecule has 154 valence electrons. The standard InChI is InChI=1S/C23H22N2O5/c1-28-18-13-9-17(10-14-18)24-23(27)16-7-11-19(12-8-16)30-15-22(26)25-20-5-3-4-6-21(20)29-2/h3-14H,15H2,1-2H3,(H,24,27)(H,25,26). The zero-order valence-corrected chi connectivity index (χ0v) is 16.7. The number of methoxy groups -OCH3 is 2. The van der Waals surface area contributed by atoms with Gasteiger partial charge >= 0.3 is 0 Å². The van der Waals surface area contributed by atoms with Crippen molar-refractivity contribution in [1.82, 2.24) is 0 Å². The van der Waals surface area contributed by atoms with Crippen LogP contribution < -0.4 is 24.8 Å². The van der Waals surface area contributed by atoms with Gasteiger partial charge in [0.25, 0.3) is 11.8 Å². The first-order chi connectivity index (χ1) is 14.6. The molecule has 0 aliphatic rings. The molecule has 3 aromatic rings. The molecular formula is C23H22N2O5. The summed E-state index contributed by atoms with van der Waals surface area (Å²) in [4.78, 5) is 24.5. The smallest absolute Gasteiger partial charge is 0.262 e. The quantitative estimate of drug-likeness (QED) is 0.591. The van der Waals surface area contributed by atoms with Gasteiger partial charge in [0.1, 0.15) is 17.2 Å². The molecule has 0 aliphatic heterocycles. The largest absolute Gasteiger partial charge is 0.497 e. The number of hydrogen-bond acceptors (Lipinski definition) is 5. The molecule has 7 heteroatoms. The second-order valence-corrected chi connectivity index (χ2v) is 6.24. The van der Waals surface area contributed by atoms with Gasteiger partial charge in [-0.15, -0.1) is 0 Å². The maximum absolute atomic E-state index is 12.4. The van der Waals surface area contributed by atoms with Crippen LogP contribution in [0, 0.1) is 0 Å². The molecule has 3 rings (SSSR count). The van der Waals surface area contributed by atoms with Crippen LogP contribution in [-0.2, 0) is 4.79 Å². The summed E-state index contributed by atoms with van der Waals surface area (Å²) in [5.74, 6) is 1.19. The molecule has 7 nitrogen and oxygen atoms in total. The van der Waals surface area contributed by atoms with Crippen molar-refractivity contribution in [2.75, 3.05) is 31.5 Å². The maximum atomic E-state index is 12.4. The third kappa shape index (κ3) is 5.51. The van der Waals surface area contributed by atoms with Crippen molar-refractivity contribution in [3.63, 3.8) is 0 Å². The van der Waals surface area contributed by atoms with Gasteiger partial charge in [0.2, 0.25) is 0 Å². The van der Waals surface area contributed by atoms with E-state index in [1.54, 1.807) is 73.8 Å². The van der Waals surface area contributed by atoms with Crippen LogP contribution in [0.25, 0.3) is 0 Å². The average Bonchev–Trinajstić information content (AvgIpc) is 2.79. The molecule has 30 heavy (non-hydrogen) atoms. The average molecular weight is 406 g/mol. The van der Waals surface area contributed by atoms with Crippen molar-refractivity contribution >= 4 is 23.2 Å². The minimum atomic E-state index is -0.319. The SMILES string of the molecule is COc1ccc(NC(=O)c2ccc(OCC(=O)Nc3ccccc3OC)cc2)cc1. The van der Waals surface area contributed by atoms with Gasteiger partial charge in [-0.3, -0.25) is 9.59 Å². The van der Waals surface area contributed by atoms with Gasteiger partial charge < -0.3 is 24.8 Å². The van der Waals surface area contributed by atoms with Gasteiger partial charge in [0.05, 0.1) is 19.9 Å². The highest BCUT2D eigenvalue weighted by Crippen LogP contribution is 2.23. The number of ether oxygens (including phenoxy) is 3. The van der Waals surface area contributed by atoms with Crippen molar-refractivity contribution in [2.45, 2.75) is 0 Å². The Morgan fingerprint density at radius 1 is 0.767 bits per heavy atom. The molecule has 0 spiro atoms. The number of amides is 2. The van der Waals surface area contributed by atoms with Crippen LogP contribution in [0.2, 0.25) is 0 Å². The van der Waals surface area contributed by atoms with Crippen LogP contribution in [-0.4, -0.2) is 32.6 Å². The molecule has 0 aliphatic carbocycles. The highest BCUT2D eigenvalue weighted by molar-refractivity contribution is 6.04. The fraction of sp³-hybridized carbons (Fsp3) is 0.130. The van der Waals surface area contributed by atoms with E-state index in [0.29, 0.717) is 34.2 Å². The third-order valence-corrected chi connectivity index (χ3v) is 4.22. The Morgan fingerprint density at radius 3 is 2.10 bits per heavy atom. The Balaban J connectivity index is 1.52. The van der Waals surface area contributed by atoms with Gasteiger partial charge in [-0.2, -0.15) is 0 Å². The number of hydrogen-bond donors (Lipinski definition) is 2. The third-order valence-electron chi connectivity index (χ3n) is 4.22. The highest BCUT2D eigenvalue weighted by atomic mass is 16.5. The molecular weight excluding hydrogens is 384 g/mol. The Bertz CT molecular complexity index is 1000. The van der Waals surface area contributed by atoms with E-state index < -0.39 is 0 Å². The molecule has 0 fully saturated rings. The van der Waals surface area contributed by atoms with Crippen LogP contribution in [0.4, 0.5) is 11.4 Å². The van der Waals surface area contributed by atoms with Gasteiger partial charge in [-0.1, -0.05) is 12.1 Å². The molecule has 0 atom stereocenters. The lowest BCUT2D eigenvalue weighted by molar-refractivity contribution is -0.118. The van der Waals surface area contributed by atoms with E-state index in [2.05, 4.69) is 10.6 Å². The van der Waals surface area contributed by atoms with Gasteiger partial charge in [-0.05, 0) is 60.7 Å². The second-order valence-electron chi connectivity index (χ2n) is 6.24. The Labute approximate surface area is 174 Å². The first kappa shape index (κ1) is 20.7. The summed E-state index contributed by atoms with van der Waals surface area (Å²) in [6.45, 7) is -0.171. The summed E-state index contributed by atoms with van der Waals surface area (Å²) in [6.07, 6.45) is 0. The monoisotopic (exact) mass is 406 g/mol. The van der Waals surface area contributed by atoms with E-state index in [1.165, 1.54) is 7.11 Å². The van der Waals surface area contributed by atoms with Crippen molar-refractivity contribution in [3.8, 4) is 17.2 Å². The molecule has 0 radical (unpaired) electrons. The molecule has 0 bridgehead atoms. The maximum Gasteiger partial charge on any atom is 0.262 e. The predicted molar refractivity (Wildman–Crippen MR) is 115 cm³/mol. The number of carbonyl (C=O) groups excluding carboxylic acids is 2. The summed E-state index contributed by atoms with van der Waals surface area (Å²) < 4.78 is 15.8. The van der Waals surface area contributed by atoms with E-state index in [9.17, 15) is 9.59 Å². The molecule has 0 unspecified atom stereocenters. The Hall–Kier alpha value is -4.00. The lowest BCUT2D eigenvalue weighted by Gasteiger charge is -2.11. The van der Waals surface area contributed by atoms with Crippen LogP contribution in [0.5, 0.6) is 17.2 Å². The lowest BCUT2D eigenvalue weighted by atomic mass is 10.2. The molecule has 0 saturated heterocycles. The van der Waals surface area contributed by atoms with E-state index in [1.807, 2.05) is 6.07 Å². The minimum Gasteiger partial charge on any atom is -0.497 e. The van der Waals surface area contributed by atoms with Gasteiger partial charge in [0, 0.05) is 11.3 Å². The fourth-order valence-electron chi connectivity index (χ4n) is 2.66. The number of para-hydroxylation sites is 2. The molecule has 0 aromatic heterocycles. The highest BCUT2D eigenvalue weighted by Gasteiger charge is 2.09. The summed E-state index contributed by atoms with van der Waals surface area (Å²) in [6, 6.07) is 20.7.